The monoisotopic (exact) mass is 326 g/mol. The first kappa shape index (κ1) is 19.4. The number of phenols is 1. The molecule has 0 aliphatic heterocycles. The van der Waals surface area contributed by atoms with Gasteiger partial charge in [-0.2, -0.15) is 0 Å². The number of allylic oxidation sites excluding steroid dienone is 8. The Labute approximate surface area is 144 Å². The van der Waals surface area contributed by atoms with Gasteiger partial charge >= 0.3 is 0 Å². The van der Waals surface area contributed by atoms with Crippen molar-refractivity contribution in [3.05, 3.63) is 89.5 Å². The molecule has 24 heavy (non-hydrogen) atoms. The van der Waals surface area contributed by atoms with Crippen LogP contribution in [0.2, 0.25) is 0 Å². The van der Waals surface area contributed by atoms with Crippen molar-refractivity contribution in [2.45, 2.75) is 33.1 Å². The molecule has 3 N–H and O–H groups in total. The van der Waals surface area contributed by atoms with E-state index in [2.05, 4.69) is 13.5 Å². The molecule has 128 valence electrons. The van der Waals surface area contributed by atoms with E-state index in [1.807, 2.05) is 44.2 Å². The topological polar surface area (TPSA) is 60.7 Å². The number of hydrogen-bond acceptors (Lipinski definition) is 3. The van der Waals surface area contributed by atoms with Crippen molar-refractivity contribution >= 4 is 0 Å². The highest BCUT2D eigenvalue weighted by Crippen LogP contribution is 2.40. The summed E-state index contributed by atoms with van der Waals surface area (Å²) in [6, 6.07) is 7.03. The maximum atomic E-state index is 9.58. The molecule has 0 aliphatic rings. The third kappa shape index (κ3) is 4.66. The zero-order valence-corrected chi connectivity index (χ0v) is 14.7. The molecule has 3 heteroatoms. The molecule has 0 amide bonds. The van der Waals surface area contributed by atoms with Crippen LogP contribution in [-0.2, 0) is 5.41 Å². The van der Waals surface area contributed by atoms with Crippen LogP contribution >= 0.6 is 0 Å². The van der Waals surface area contributed by atoms with Crippen molar-refractivity contribution < 1.29 is 15.3 Å². The van der Waals surface area contributed by atoms with Crippen molar-refractivity contribution in [1.29, 1.82) is 0 Å². The van der Waals surface area contributed by atoms with Crippen molar-refractivity contribution in [3.63, 3.8) is 0 Å². The van der Waals surface area contributed by atoms with Crippen LogP contribution < -0.4 is 0 Å². The molecule has 0 bridgehead atoms. The van der Waals surface area contributed by atoms with Gasteiger partial charge in [0.05, 0.1) is 5.76 Å². The molecule has 0 saturated carbocycles. The van der Waals surface area contributed by atoms with E-state index in [-0.39, 0.29) is 17.3 Å². The third-order valence-electron chi connectivity index (χ3n) is 4.15. The Balaban J connectivity index is 3.56. The average Bonchev–Trinajstić information content (AvgIpc) is 2.53. The van der Waals surface area contributed by atoms with Crippen LogP contribution in [0.4, 0.5) is 0 Å². The van der Waals surface area contributed by atoms with Crippen LogP contribution in [0.1, 0.15) is 33.3 Å². The summed E-state index contributed by atoms with van der Waals surface area (Å²) in [4.78, 5) is 0. The van der Waals surface area contributed by atoms with Crippen molar-refractivity contribution in [3.8, 4) is 5.75 Å². The third-order valence-corrected chi connectivity index (χ3v) is 4.15. The standard InChI is InChI=1S/C21H26O3/c1-6-18(10-9-17(4)23)21(5,15(2)7-8-16(3)22)19-11-13-20(24)14-12-19/h6-14,22-24H,4H2,1-3,5H3/b10-9-,15-7+,16-8+,18-6+. The number of rotatable bonds is 6. The lowest BCUT2D eigenvalue weighted by Gasteiger charge is -2.33. The Morgan fingerprint density at radius 1 is 1.04 bits per heavy atom. The molecule has 0 radical (unpaired) electrons. The summed E-state index contributed by atoms with van der Waals surface area (Å²) < 4.78 is 0. The second-order valence-electron chi connectivity index (χ2n) is 5.90. The lowest BCUT2D eigenvalue weighted by Crippen LogP contribution is -2.25. The van der Waals surface area contributed by atoms with Gasteiger partial charge in [-0.3, -0.25) is 0 Å². The molecule has 0 aliphatic carbocycles. The predicted molar refractivity (Wildman–Crippen MR) is 100 cm³/mol. The minimum Gasteiger partial charge on any atom is -0.513 e. The van der Waals surface area contributed by atoms with Crippen LogP contribution in [0.5, 0.6) is 5.75 Å². The van der Waals surface area contributed by atoms with Gasteiger partial charge in [0, 0.05) is 5.41 Å². The van der Waals surface area contributed by atoms with E-state index in [1.165, 1.54) is 0 Å². The number of phenolic OH excluding ortho intramolecular Hbond substituents is 1. The molecule has 0 spiro atoms. The van der Waals surface area contributed by atoms with Gasteiger partial charge < -0.3 is 15.3 Å². The Morgan fingerprint density at radius 3 is 2.08 bits per heavy atom. The van der Waals surface area contributed by atoms with E-state index in [4.69, 9.17) is 0 Å². The zero-order chi connectivity index (χ0) is 18.3. The largest absolute Gasteiger partial charge is 0.513 e. The second-order valence-corrected chi connectivity index (χ2v) is 5.90. The SMILES string of the molecule is C=C(O)/C=C\C(=C/C)C(C)(/C(C)=C/C=C(\C)O)c1ccc(O)cc1. The van der Waals surface area contributed by atoms with Gasteiger partial charge in [-0.25, -0.2) is 0 Å². The Kier molecular flexibility index (Phi) is 6.66. The molecule has 1 aromatic rings. The molecular formula is C21H26O3. The molecule has 0 saturated heterocycles. The quantitative estimate of drug-likeness (QED) is 0.469. The lowest BCUT2D eigenvalue weighted by molar-refractivity contribution is 0.414. The van der Waals surface area contributed by atoms with E-state index in [0.717, 1.165) is 16.7 Å². The van der Waals surface area contributed by atoms with E-state index < -0.39 is 5.41 Å². The Hall–Kier alpha value is -2.68. The smallest absolute Gasteiger partial charge is 0.115 e. The van der Waals surface area contributed by atoms with E-state index in [0.29, 0.717) is 0 Å². The zero-order valence-electron chi connectivity index (χ0n) is 14.7. The fourth-order valence-electron chi connectivity index (χ4n) is 2.57. The highest BCUT2D eigenvalue weighted by atomic mass is 16.3. The van der Waals surface area contributed by atoms with Gasteiger partial charge in [0.15, 0.2) is 0 Å². The van der Waals surface area contributed by atoms with Crippen LogP contribution in [0.25, 0.3) is 0 Å². The summed E-state index contributed by atoms with van der Waals surface area (Å²) in [6.07, 6.45) is 8.86. The predicted octanol–water partition coefficient (Wildman–Crippen LogP) is 5.63. The fraction of sp³-hybridized carbons (Fsp3) is 0.238. The summed E-state index contributed by atoms with van der Waals surface area (Å²) in [5.41, 5.74) is 2.45. The Morgan fingerprint density at radius 2 is 1.62 bits per heavy atom. The Bertz CT molecular complexity index is 699. The second kappa shape index (κ2) is 8.25. The normalized spacial score (nSPS) is 16.2. The molecule has 0 fully saturated rings. The van der Waals surface area contributed by atoms with Gasteiger partial charge in [0.25, 0.3) is 0 Å². The van der Waals surface area contributed by atoms with Gasteiger partial charge in [0.2, 0.25) is 0 Å². The van der Waals surface area contributed by atoms with Crippen LogP contribution in [0.3, 0.4) is 0 Å². The minimum atomic E-state index is -0.500. The van der Waals surface area contributed by atoms with Gasteiger partial charge in [-0.15, -0.1) is 0 Å². The fourth-order valence-corrected chi connectivity index (χ4v) is 2.57. The lowest BCUT2D eigenvalue weighted by atomic mass is 9.70. The summed E-state index contributed by atoms with van der Waals surface area (Å²) in [5.74, 6) is 0.411. The maximum absolute atomic E-state index is 9.58. The molecule has 1 aromatic carbocycles. The summed E-state index contributed by atoms with van der Waals surface area (Å²) in [7, 11) is 0. The number of aromatic hydroxyl groups is 1. The first-order valence-electron chi connectivity index (χ1n) is 7.78. The van der Waals surface area contributed by atoms with Gasteiger partial charge in [-0.05, 0) is 63.1 Å². The molecular weight excluding hydrogens is 300 g/mol. The minimum absolute atomic E-state index is 0.0184. The molecule has 1 rings (SSSR count). The summed E-state index contributed by atoms with van der Waals surface area (Å²) in [5, 5.41) is 28.4. The highest BCUT2D eigenvalue weighted by molar-refractivity contribution is 5.51. The average molecular weight is 326 g/mol. The number of aliphatic hydroxyl groups excluding tert-OH is 2. The molecule has 3 nitrogen and oxygen atoms in total. The molecule has 1 unspecified atom stereocenters. The number of aliphatic hydroxyl groups is 2. The van der Waals surface area contributed by atoms with E-state index in [1.54, 1.807) is 31.2 Å². The first-order chi connectivity index (χ1) is 11.2. The maximum Gasteiger partial charge on any atom is 0.115 e. The first-order valence-corrected chi connectivity index (χ1v) is 7.78. The van der Waals surface area contributed by atoms with Crippen molar-refractivity contribution in [2.24, 2.45) is 0 Å². The van der Waals surface area contributed by atoms with Crippen molar-refractivity contribution in [2.75, 3.05) is 0 Å². The summed E-state index contributed by atoms with van der Waals surface area (Å²) >= 11 is 0. The summed E-state index contributed by atoms with van der Waals surface area (Å²) in [6.45, 7) is 11.1. The molecule has 1 atom stereocenters. The van der Waals surface area contributed by atoms with Crippen molar-refractivity contribution in [1.82, 2.24) is 0 Å². The van der Waals surface area contributed by atoms with Gasteiger partial charge in [0.1, 0.15) is 11.5 Å². The van der Waals surface area contributed by atoms with E-state index in [9.17, 15) is 15.3 Å². The number of hydrogen-bond donors (Lipinski definition) is 3. The van der Waals surface area contributed by atoms with Crippen LogP contribution in [-0.4, -0.2) is 15.3 Å². The van der Waals surface area contributed by atoms with Gasteiger partial charge in [-0.1, -0.05) is 42.5 Å². The van der Waals surface area contributed by atoms with Crippen LogP contribution in [0, 0.1) is 0 Å². The van der Waals surface area contributed by atoms with E-state index >= 15 is 0 Å². The highest BCUT2D eigenvalue weighted by Gasteiger charge is 2.31. The molecule has 0 aromatic heterocycles. The molecule has 0 heterocycles. The van der Waals surface area contributed by atoms with Crippen LogP contribution in [0.15, 0.2) is 83.9 Å². The number of benzene rings is 1.